The van der Waals surface area contributed by atoms with Crippen molar-refractivity contribution in [3.63, 3.8) is 0 Å². The monoisotopic (exact) mass is 244 g/mol. The van der Waals surface area contributed by atoms with Gasteiger partial charge in [0.2, 0.25) is 0 Å². The highest BCUT2D eigenvalue weighted by atomic mass is 35.5. The van der Waals surface area contributed by atoms with Crippen LogP contribution in [0.25, 0.3) is 0 Å². The molecule has 1 aromatic carbocycles. The van der Waals surface area contributed by atoms with Crippen LogP contribution >= 0.6 is 23.2 Å². The van der Waals surface area contributed by atoms with Crippen molar-refractivity contribution in [1.82, 2.24) is 5.32 Å². The van der Waals surface area contributed by atoms with E-state index in [1.807, 2.05) is 12.1 Å². The Morgan fingerprint density at radius 1 is 1.40 bits per heavy atom. The maximum absolute atomic E-state index is 6.03. The van der Waals surface area contributed by atoms with Crippen LogP contribution < -0.4 is 5.32 Å². The number of benzene rings is 1. The molecule has 0 radical (unpaired) electrons. The number of ether oxygens (including phenoxy) is 1. The van der Waals surface area contributed by atoms with Gasteiger partial charge in [0.15, 0.2) is 0 Å². The third kappa shape index (κ3) is 2.55. The van der Waals surface area contributed by atoms with Gasteiger partial charge >= 0.3 is 0 Å². The zero-order chi connectivity index (χ0) is 10.7. The van der Waals surface area contributed by atoms with Crippen molar-refractivity contribution in [2.75, 3.05) is 13.2 Å². The summed E-state index contributed by atoms with van der Waals surface area (Å²) in [6, 6.07) is 6.11. The minimum Gasteiger partial charge on any atom is -0.463 e. The summed E-state index contributed by atoms with van der Waals surface area (Å²) >= 11 is 11.9. The van der Waals surface area contributed by atoms with E-state index in [9.17, 15) is 0 Å². The van der Waals surface area contributed by atoms with Gasteiger partial charge in [0.1, 0.15) is 6.61 Å². The van der Waals surface area contributed by atoms with Gasteiger partial charge in [-0.3, -0.25) is 0 Å². The minimum absolute atomic E-state index is 0.560. The number of aliphatic imine (C=N–C) groups is 1. The van der Waals surface area contributed by atoms with Crippen LogP contribution in [0.2, 0.25) is 10.0 Å². The molecule has 1 heterocycles. The lowest BCUT2D eigenvalue weighted by Crippen LogP contribution is -2.23. The molecular weight excluding hydrogens is 235 g/mol. The van der Waals surface area contributed by atoms with Crippen LogP contribution in [-0.4, -0.2) is 19.2 Å². The van der Waals surface area contributed by atoms with E-state index in [0.29, 0.717) is 35.8 Å². The van der Waals surface area contributed by atoms with E-state index in [1.54, 1.807) is 6.07 Å². The van der Waals surface area contributed by atoms with Gasteiger partial charge in [-0.25, -0.2) is 4.99 Å². The Morgan fingerprint density at radius 2 is 2.27 bits per heavy atom. The molecule has 0 atom stereocenters. The molecule has 2 rings (SSSR count). The number of hydrogen-bond donors (Lipinski definition) is 1. The van der Waals surface area contributed by atoms with E-state index in [4.69, 9.17) is 27.9 Å². The second kappa shape index (κ2) is 4.73. The van der Waals surface area contributed by atoms with Crippen molar-refractivity contribution in [3.8, 4) is 0 Å². The van der Waals surface area contributed by atoms with Gasteiger partial charge in [0, 0.05) is 6.54 Å². The quantitative estimate of drug-likeness (QED) is 0.868. The average molecular weight is 245 g/mol. The van der Waals surface area contributed by atoms with Crippen LogP contribution in [0.3, 0.4) is 0 Å². The van der Waals surface area contributed by atoms with E-state index >= 15 is 0 Å². The molecule has 0 unspecified atom stereocenters. The summed E-state index contributed by atoms with van der Waals surface area (Å²) in [6.07, 6.45) is 0. The van der Waals surface area contributed by atoms with Gasteiger partial charge in [-0.2, -0.15) is 0 Å². The average Bonchev–Trinajstić information content (AvgIpc) is 2.73. The number of nitrogens with zero attached hydrogens (tertiary/aromatic N) is 1. The second-order valence-corrected chi connectivity index (χ2v) is 3.89. The molecule has 80 valence electrons. The number of halogens is 2. The standard InChI is InChI=1S/C10H10Cl2N2O/c11-8-3-1-2-7(9(8)12)6-14-10-13-4-5-15-10/h1-3H,4-6H2,(H,13,14). The van der Waals surface area contributed by atoms with Gasteiger partial charge in [-0.05, 0) is 11.6 Å². The lowest BCUT2D eigenvalue weighted by Gasteiger charge is -2.07. The van der Waals surface area contributed by atoms with Crippen LogP contribution in [0, 0.1) is 0 Å². The van der Waals surface area contributed by atoms with Crippen LogP contribution in [0.1, 0.15) is 5.56 Å². The predicted molar refractivity (Wildman–Crippen MR) is 61.6 cm³/mol. The molecule has 0 bridgehead atoms. The van der Waals surface area contributed by atoms with Crippen molar-refractivity contribution in [1.29, 1.82) is 0 Å². The summed E-state index contributed by atoms with van der Waals surface area (Å²) in [5, 5.41) is 4.19. The Hall–Kier alpha value is -0.930. The highest BCUT2D eigenvalue weighted by molar-refractivity contribution is 6.42. The van der Waals surface area contributed by atoms with Gasteiger partial charge in [-0.1, -0.05) is 35.3 Å². The lowest BCUT2D eigenvalue weighted by molar-refractivity contribution is 0.331. The Morgan fingerprint density at radius 3 is 3.00 bits per heavy atom. The first-order valence-corrected chi connectivity index (χ1v) is 5.37. The fourth-order valence-electron chi connectivity index (χ4n) is 1.30. The molecule has 1 aromatic rings. The molecule has 1 aliphatic heterocycles. The van der Waals surface area contributed by atoms with E-state index in [0.717, 1.165) is 5.56 Å². The van der Waals surface area contributed by atoms with Crippen LogP contribution in [-0.2, 0) is 11.3 Å². The third-order valence-electron chi connectivity index (χ3n) is 2.05. The van der Waals surface area contributed by atoms with Crippen LogP contribution in [0.15, 0.2) is 23.2 Å². The van der Waals surface area contributed by atoms with Gasteiger partial charge in [0.25, 0.3) is 6.02 Å². The molecular formula is C10H10Cl2N2O. The highest BCUT2D eigenvalue weighted by Crippen LogP contribution is 2.25. The zero-order valence-electron chi connectivity index (χ0n) is 7.96. The molecule has 0 aliphatic carbocycles. The molecule has 0 aromatic heterocycles. The smallest absolute Gasteiger partial charge is 0.285 e. The summed E-state index contributed by atoms with van der Waals surface area (Å²) in [7, 11) is 0. The Bertz CT molecular complexity index is 393. The van der Waals surface area contributed by atoms with Gasteiger partial charge in [0.05, 0.1) is 16.6 Å². The first kappa shape index (κ1) is 10.6. The fourth-order valence-corrected chi connectivity index (χ4v) is 1.68. The summed E-state index contributed by atoms with van der Waals surface area (Å²) in [5.41, 5.74) is 0.933. The molecule has 0 fully saturated rings. The largest absolute Gasteiger partial charge is 0.463 e. The Kier molecular flexibility index (Phi) is 3.34. The molecule has 0 amide bonds. The molecule has 1 aliphatic rings. The second-order valence-electron chi connectivity index (χ2n) is 3.10. The molecule has 0 saturated heterocycles. The van der Waals surface area contributed by atoms with Crippen molar-refractivity contribution in [2.24, 2.45) is 4.99 Å². The normalized spacial score (nSPS) is 14.7. The first-order valence-electron chi connectivity index (χ1n) is 4.61. The van der Waals surface area contributed by atoms with E-state index in [2.05, 4.69) is 10.3 Å². The van der Waals surface area contributed by atoms with Crippen molar-refractivity contribution >= 4 is 29.2 Å². The lowest BCUT2D eigenvalue weighted by atomic mass is 10.2. The summed E-state index contributed by atoms with van der Waals surface area (Å²) in [6.45, 7) is 1.93. The third-order valence-corrected chi connectivity index (χ3v) is 2.91. The van der Waals surface area contributed by atoms with Crippen LogP contribution in [0.5, 0.6) is 0 Å². The Labute approximate surface area is 98.1 Å². The number of hydrogen-bond acceptors (Lipinski definition) is 3. The van der Waals surface area contributed by atoms with Crippen molar-refractivity contribution < 1.29 is 4.74 Å². The highest BCUT2D eigenvalue weighted by Gasteiger charge is 2.08. The molecule has 1 N–H and O–H groups in total. The summed E-state index contributed by atoms with van der Waals surface area (Å²) < 4.78 is 5.21. The SMILES string of the molecule is Clc1cccc(CNC2=NCCO2)c1Cl. The summed E-state index contributed by atoms with van der Waals surface area (Å²) in [4.78, 5) is 4.11. The zero-order valence-corrected chi connectivity index (χ0v) is 9.48. The topological polar surface area (TPSA) is 33.6 Å². The summed E-state index contributed by atoms with van der Waals surface area (Å²) in [5.74, 6) is 0. The molecule has 15 heavy (non-hydrogen) atoms. The Balaban J connectivity index is 2.01. The van der Waals surface area contributed by atoms with E-state index < -0.39 is 0 Å². The van der Waals surface area contributed by atoms with Crippen molar-refractivity contribution in [3.05, 3.63) is 33.8 Å². The van der Waals surface area contributed by atoms with E-state index in [1.165, 1.54) is 0 Å². The van der Waals surface area contributed by atoms with E-state index in [-0.39, 0.29) is 0 Å². The molecule has 0 saturated carbocycles. The number of rotatable bonds is 2. The number of nitrogens with one attached hydrogen (secondary N) is 1. The minimum atomic E-state index is 0.560. The molecule has 0 spiro atoms. The van der Waals surface area contributed by atoms with Gasteiger partial charge in [-0.15, -0.1) is 0 Å². The molecule has 5 heteroatoms. The van der Waals surface area contributed by atoms with Crippen molar-refractivity contribution in [2.45, 2.75) is 6.54 Å². The molecule has 3 nitrogen and oxygen atoms in total. The predicted octanol–water partition coefficient (Wildman–Crippen LogP) is 2.47. The maximum Gasteiger partial charge on any atom is 0.285 e. The van der Waals surface area contributed by atoms with Gasteiger partial charge < -0.3 is 10.1 Å². The first-order chi connectivity index (χ1) is 7.27. The maximum atomic E-state index is 6.03. The van der Waals surface area contributed by atoms with Crippen LogP contribution in [0.4, 0.5) is 0 Å². The fraction of sp³-hybridized carbons (Fsp3) is 0.300. The number of amidine groups is 1.